The smallest absolute Gasteiger partial charge is 0.550 e. The van der Waals surface area contributed by atoms with Crippen LogP contribution in [0.25, 0.3) is 11.1 Å². The summed E-state index contributed by atoms with van der Waals surface area (Å²) < 4.78 is 106. The zero-order valence-electron chi connectivity index (χ0n) is 30.9. The molecule has 0 unspecified atom stereocenters. The second-order valence-corrected chi connectivity index (χ2v) is 12.4. The molecule has 0 N–H and O–H groups in total. The predicted octanol–water partition coefficient (Wildman–Crippen LogP) is 5.23. The van der Waals surface area contributed by atoms with E-state index < -0.39 is 36.0 Å². The van der Waals surface area contributed by atoms with E-state index >= 15 is 0 Å². The van der Waals surface area contributed by atoms with Gasteiger partial charge >= 0.3 is 41.9 Å². The number of rotatable bonds is 17. The van der Waals surface area contributed by atoms with Crippen molar-refractivity contribution in [1.29, 1.82) is 0 Å². The molecule has 0 spiro atoms. The van der Waals surface area contributed by atoms with Crippen LogP contribution in [-0.2, 0) is 30.2 Å². The zero-order valence-corrected chi connectivity index (χ0v) is 32.9. The quantitative estimate of drug-likeness (QED) is 0.0811. The summed E-state index contributed by atoms with van der Waals surface area (Å²) in [5.74, 6) is 0.285. The van der Waals surface area contributed by atoms with E-state index in [-0.39, 0.29) is 84.8 Å². The molecule has 0 fully saturated rings. The molecule has 0 saturated heterocycles. The Kier molecular flexibility index (Phi) is 15.9. The molecule has 54 heavy (non-hydrogen) atoms. The van der Waals surface area contributed by atoms with E-state index in [0.29, 0.717) is 59.1 Å². The van der Waals surface area contributed by atoms with Crippen LogP contribution in [0, 0.1) is 0 Å². The summed E-state index contributed by atoms with van der Waals surface area (Å²) in [6.45, 7) is 5.77. The number of carbonyl (C=O) groups is 1. The number of carboxylic acid groups (broad SMARTS) is 1. The molecule has 0 aliphatic heterocycles. The van der Waals surface area contributed by atoms with E-state index in [1.165, 1.54) is 31.5 Å². The van der Waals surface area contributed by atoms with Crippen molar-refractivity contribution in [2.24, 2.45) is 0 Å². The van der Waals surface area contributed by atoms with Gasteiger partial charge in [0.15, 0.2) is 17.2 Å². The Balaban J connectivity index is 0.00000784. The second kappa shape index (κ2) is 19.4. The van der Waals surface area contributed by atoms with Gasteiger partial charge in [-0.25, -0.2) is 9.97 Å². The molecule has 0 atom stereocenters. The number of ether oxygens (including phenoxy) is 4. The number of aliphatic carboxylic acids is 1. The standard InChI is InChI=1S/C38H41F6N3O6.Na/c1-6-11-53-34-18-30(31-15-25(23(2)3)9-10-32(31)50-4)26(16-33(34)51-5)22-47(36-45-19-29(20-46-36)52-12-7-8-35(48)49)21-24-13-27(37(39,40)41)17-28(14-24)38(42,43)44;/h9-10,13-20,23H,6-8,11-12,21-22H2,1-5H3,(H,48,49);/q;+1/p-1. The number of alkyl halides is 6. The first-order valence-corrected chi connectivity index (χ1v) is 16.7. The average Bonchev–Trinajstić information content (AvgIpc) is 3.11. The third-order valence-electron chi connectivity index (χ3n) is 8.10. The molecule has 0 bridgehead atoms. The number of benzene rings is 3. The molecule has 4 aromatic rings. The number of aromatic nitrogens is 2. The van der Waals surface area contributed by atoms with Crippen LogP contribution in [0.5, 0.6) is 23.0 Å². The van der Waals surface area contributed by atoms with Crippen molar-refractivity contribution < 1.29 is 84.7 Å². The molecule has 1 aromatic heterocycles. The SMILES string of the molecule is CCCOc1cc(-c2cc(C(C)C)ccc2OC)c(CN(Cc2cc(C(F)(F)F)cc(C(F)(F)F)c2)c2ncc(OCCCC(=O)[O-])cn2)cc1OC.[Na+]. The van der Waals surface area contributed by atoms with Gasteiger partial charge < -0.3 is 33.7 Å². The number of halogens is 6. The van der Waals surface area contributed by atoms with E-state index in [4.69, 9.17) is 18.9 Å². The molecule has 9 nitrogen and oxygen atoms in total. The first kappa shape index (κ1) is 44.2. The average molecular weight is 772 g/mol. The fourth-order valence-corrected chi connectivity index (χ4v) is 5.45. The molecule has 16 heteroatoms. The van der Waals surface area contributed by atoms with E-state index in [1.807, 2.05) is 39.0 Å². The first-order valence-electron chi connectivity index (χ1n) is 16.7. The van der Waals surface area contributed by atoms with Gasteiger partial charge in [0.2, 0.25) is 5.95 Å². The van der Waals surface area contributed by atoms with Gasteiger partial charge in [0.05, 0.1) is 51.0 Å². The van der Waals surface area contributed by atoms with Gasteiger partial charge in [0.25, 0.3) is 0 Å². The Morgan fingerprint density at radius 1 is 0.796 bits per heavy atom. The Morgan fingerprint density at radius 3 is 1.96 bits per heavy atom. The summed E-state index contributed by atoms with van der Waals surface area (Å²) in [5, 5.41) is 10.7. The third kappa shape index (κ3) is 11.9. The molecular weight excluding hydrogens is 731 g/mol. The Bertz CT molecular complexity index is 1820. The monoisotopic (exact) mass is 771 g/mol. The van der Waals surface area contributed by atoms with Crippen molar-refractivity contribution in [2.75, 3.05) is 32.3 Å². The second-order valence-electron chi connectivity index (χ2n) is 12.4. The van der Waals surface area contributed by atoms with Crippen LogP contribution in [0.15, 0.2) is 60.9 Å². The molecule has 0 aliphatic carbocycles. The summed E-state index contributed by atoms with van der Waals surface area (Å²) >= 11 is 0. The van der Waals surface area contributed by atoms with Gasteiger partial charge in [-0.2, -0.15) is 26.3 Å². The van der Waals surface area contributed by atoms with Crippen molar-refractivity contribution in [3.63, 3.8) is 0 Å². The Labute approximate surface area is 331 Å². The molecule has 0 saturated carbocycles. The number of hydrogen-bond donors (Lipinski definition) is 0. The van der Waals surface area contributed by atoms with E-state index in [1.54, 1.807) is 12.1 Å². The van der Waals surface area contributed by atoms with Crippen molar-refractivity contribution in [3.8, 4) is 34.1 Å². The molecule has 4 rings (SSSR count). The van der Waals surface area contributed by atoms with Gasteiger partial charge in [-0.15, -0.1) is 0 Å². The normalized spacial score (nSPS) is 11.6. The van der Waals surface area contributed by atoms with E-state index in [9.17, 15) is 36.2 Å². The maximum absolute atomic E-state index is 13.9. The fourth-order valence-electron chi connectivity index (χ4n) is 5.45. The zero-order chi connectivity index (χ0) is 38.9. The Hall–Kier alpha value is -4.21. The van der Waals surface area contributed by atoms with E-state index in [2.05, 4.69) is 9.97 Å². The van der Waals surface area contributed by atoms with Crippen LogP contribution in [0.2, 0.25) is 0 Å². The molecule has 0 amide bonds. The fraction of sp³-hybridized carbons (Fsp3) is 0.395. The minimum absolute atomic E-state index is 0. The molecule has 286 valence electrons. The molecule has 0 aliphatic rings. The van der Waals surface area contributed by atoms with Gasteiger partial charge in [-0.1, -0.05) is 26.8 Å². The minimum Gasteiger partial charge on any atom is -0.550 e. The number of nitrogens with zero attached hydrogens (tertiary/aromatic N) is 3. The van der Waals surface area contributed by atoms with Gasteiger partial charge in [-0.3, -0.25) is 0 Å². The van der Waals surface area contributed by atoms with Crippen LogP contribution in [0.4, 0.5) is 32.3 Å². The summed E-state index contributed by atoms with van der Waals surface area (Å²) in [4.78, 5) is 20.8. The largest absolute Gasteiger partial charge is 1.00 e. The number of methoxy groups -OCH3 is 2. The third-order valence-corrected chi connectivity index (χ3v) is 8.10. The summed E-state index contributed by atoms with van der Waals surface area (Å²) in [7, 11) is 2.96. The molecular formula is C38H40F6N3NaO6. The Morgan fingerprint density at radius 2 is 1.43 bits per heavy atom. The van der Waals surface area contributed by atoms with E-state index in [0.717, 1.165) is 5.56 Å². The van der Waals surface area contributed by atoms with Crippen LogP contribution in [0.3, 0.4) is 0 Å². The summed E-state index contributed by atoms with van der Waals surface area (Å²) in [6, 6.07) is 10.6. The van der Waals surface area contributed by atoms with Crippen molar-refractivity contribution in [3.05, 3.63) is 88.7 Å². The van der Waals surface area contributed by atoms with Crippen molar-refractivity contribution in [1.82, 2.24) is 9.97 Å². The van der Waals surface area contributed by atoms with Gasteiger partial charge in [0, 0.05) is 24.6 Å². The first-order chi connectivity index (χ1) is 25.0. The van der Waals surface area contributed by atoms with Crippen LogP contribution in [0.1, 0.15) is 73.8 Å². The van der Waals surface area contributed by atoms with Crippen molar-refractivity contribution in [2.45, 2.75) is 71.4 Å². The van der Waals surface area contributed by atoms with Crippen LogP contribution >= 0.6 is 0 Å². The maximum atomic E-state index is 13.9. The number of anilines is 1. The minimum atomic E-state index is -5.06. The molecule has 3 aromatic carbocycles. The predicted molar refractivity (Wildman–Crippen MR) is 183 cm³/mol. The number of hydrogen-bond acceptors (Lipinski definition) is 9. The van der Waals surface area contributed by atoms with Gasteiger partial charge in [0.1, 0.15) is 5.75 Å². The number of carbonyl (C=O) groups excluding carboxylic acids is 1. The van der Waals surface area contributed by atoms with Crippen LogP contribution in [-0.4, -0.2) is 43.4 Å². The van der Waals surface area contributed by atoms with Crippen molar-refractivity contribution >= 4 is 11.9 Å². The van der Waals surface area contributed by atoms with Gasteiger partial charge in [-0.05, 0) is 89.9 Å². The topological polar surface area (TPSA) is 106 Å². The number of carboxylic acids is 1. The maximum Gasteiger partial charge on any atom is 1.00 e. The molecule has 0 radical (unpaired) electrons. The summed E-state index contributed by atoms with van der Waals surface area (Å²) in [5.41, 5.74) is -0.422. The molecule has 1 heterocycles. The van der Waals surface area contributed by atoms with Crippen LogP contribution < -0.4 is 58.5 Å². The summed E-state index contributed by atoms with van der Waals surface area (Å²) in [6.07, 6.45) is -6.94.